The summed E-state index contributed by atoms with van der Waals surface area (Å²) >= 11 is 5.33. The van der Waals surface area contributed by atoms with Gasteiger partial charge in [-0.25, -0.2) is 5.10 Å². The molecule has 1 heterocycles. The van der Waals surface area contributed by atoms with E-state index in [2.05, 4.69) is 15.3 Å². The third-order valence-corrected chi connectivity index (χ3v) is 4.24. The topological polar surface area (TPSA) is 73.7 Å². The highest BCUT2D eigenvalue weighted by Gasteiger charge is 2.15. The van der Waals surface area contributed by atoms with E-state index in [1.165, 1.54) is 0 Å². The van der Waals surface area contributed by atoms with E-state index in [0.29, 0.717) is 33.4 Å². The van der Waals surface area contributed by atoms with Crippen molar-refractivity contribution in [1.29, 1.82) is 0 Å². The summed E-state index contributed by atoms with van der Waals surface area (Å²) < 4.78 is 18.2. The van der Waals surface area contributed by atoms with Crippen molar-refractivity contribution in [2.45, 2.75) is 6.92 Å². The zero-order chi connectivity index (χ0) is 19.4. The lowest BCUT2D eigenvalue weighted by atomic mass is 10.1. The quantitative estimate of drug-likeness (QED) is 0.517. The molecule has 0 aliphatic carbocycles. The molecule has 1 aromatic heterocycles. The van der Waals surface area contributed by atoms with Gasteiger partial charge in [0.1, 0.15) is 0 Å². The number of nitrogens with zero attached hydrogens (tertiary/aromatic N) is 3. The van der Waals surface area contributed by atoms with Gasteiger partial charge in [0.2, 0.25) is 10.5 Å². The summed E-state index contributed by atoms with van der Waals surface area (Å²) in [6.45, 7) is 2.02. The monoisotopic (exact) mass is 384 g/mol. The lowest BCUT2D eigenvalue weighted by molar-refractivity contribution is 0.324. The van der Waals surface area contributed by atoms with E-state index >= 15 is 0 Å². The Balaban J connectivity index is 2.06. The fraction of sp³-hybridized carbons (Fsp3) is 0.211. The fourth-order valence-corrected chi connectivity index (χ4v) is 2.90. The minimum Gasteiger partial charge on any atom is -0.493 e. The Morgan fingerprint density at radius 3 is 2.52 bits per heavy atom. The second-order valence-electron chi connectivity index (χ2n) is 5.70. The molecule has 8 heteroatoms. The molecule has 27 heavy (non-hydrogen) atoms. The van der Waals surface area contributed by atoms with Gasteiger partial charge in [0.25, 0.3) is 0 Å². The Bertz CT molecular complexity index is 1040. The molecule has 7 nitrogen and oxygen atoms in total. The molecular formula is C19H20N4O3S. The van der Waals surface area contributed by atoms with Gasteiger partial charge in [-0.3, -0.25) is 0 Å². The molecule has 3 rings (SSSR count). The molecule has 0 aliphatic rings. The Morgan fingerprint density at radius 1 is 1.07 bits per heavy atom. The molecule has 0 unspecified atom stereocenters. The number of hydrogen-bond acceptors (Lipinski definition) is 6. The van der Waals surface area contributed by atoms with Crippen molar-refractivity contribution < 1.29 is 14.2 Å². The van der Waals surface area contributed by atoms with E-state index in [4.69, 9.17) is 26.4 Å². The van der Waals surface area contributed by atoms with Crippen LogP contribution in [0.3, 0.4) is 0 Å². The number of rotatable bonds is 6. The van der Waals surface area contributed by atoms with Crippen LogP contribution in [-0.4, -0.2) is 42.4 Å². The molecule has 3 aromatic rings. The Morgan fingerprint density at radius 2 is 1.85 bits per heavy atom. The number of aryl methyl sites for hydroxylation is 1. The molecule has 140 valence electrons. The summed E-state index contributed by atoms with van der Waals surface area (Å²) in [5.41, 5.74) is 2.76. The van der Waals surface area contributed by atoms with Gasteiger partial charge in [-0.2, -0.15) is 14.9 Å². The maximum atomic E-state index is 5.49. The number of H-pyrrole nitrogens is 1. The minimum atomic E-state index is 0.391. The van der Waals surface area contributed by atoms with E-state index in [0.717, 1.165) is 11.1 Å². The molecule has 0 saturated carbocycles. The number of ether oxygens (including phenoxy) is 3. The summed E-state index contributed by atoms with van der Waals surface area (Å²) in [6.07, 6.45) is 1.64. The van der Waals surface area contributed by atoms with Crippen LogP contribution in [0.25, 0.3) is 11.4 Å². The number of nitrogens with one attached hydrogen (secondary N) is 1. The van der Waals surface area contributed by atoms with Gasteiger partial charge in [0.05, 0.1) is 27.5 Å². The van der Waals surface area contributed by atoms with Crippen LogP contribution in [0.1, 0.15) is 11.1 Å². The zero-order valence-corrected chi connectivity index (χ0v) is 16.3. The van der Waals surface area contributed by atoms with Crippen molar-refractivity contribution in [2.75, 3.05) is 21.3 Å². The molecule has 0 atom stereocenters. The van der Waals surface area contributed by atoms with Crippen LogP contribution < -0.4 is 14.2 Å². The lowest BCUT2D eigenvalue weighted by Gasteiger charge is -2.13. The van der Waals surface area contributed by atoms with E-state index in [-0.39, 0.29) is 0 Å². The molecule has 2 aromatic carbocycles. The number of benzene rings is 2. The van der Waals surface area contributed by atoms with Gasteiger partial charge in [0.15, 0.2) is 17.3 Å². The van der Waals surface area contributed by atoms with Crippen LogP contribution in [0.15, 0.2) is 41.5 Å². The summed E-state index contributed by atoms with van der Waals surface area (Å²) in [5, 5.41) is 11.6. The molecule has 0 amide bonds. The predicted octanol–water partition coefficient (Wildman–Crippen LogP) is 3.82. The van der Waals surface area contributed by atoms with E-state index in [9.17, 15) is 0 Å². The second kappa shape index (κ2) is 8.05. The first-order valence-electron chi connectivity index (χ1n) is 8.16. The van der Waals surface area contributed by atoms with Gasteiger partial charge in [0, 0.05) is 11.1 Å². The lowest BCUT2D eigenvalue weighted by Crippen LogP contribution is -2.00. The highest BCUT2D eigenvalue weighted by Crippen LogP contribution is 2.39. The Kier molecular flexibility index (Phi) is 5.56. The van der Waals surface area contributed by atoms with E-state index in [1.54, 1.807) is 38.3 Å². The van der Waals surface area contributed by atoms with E-state index < -0.39 is 0 Å². The number of hydrogen-bond donors (Lipinski definition) is 1. The van der Waals surface area contributed by atoms with Crippen LogP contribution in [0.2, 0.25) is 0 Å². The minimum absolute atomic E-state index is 0.391. The molecule has 0 saturated heterocycles. The predicted molar refractivity (Wildman–Crippen MR) is 107 cm³/mol. The number of methoxy groups -OCH3 is 3. The van der Waals surface area contributed by atoms with Gasteiger partial charge in [-0.1, -0.05) is 23.8 Å². The molecular weight excluding hydrogens is 364 g/mol. The van der Waals surface area contributed by atoms with Gasteiger partial charge in [-0.05, 0) is 37.3 Å². The van der Waals surface area contributed by atoms with Crippen molar-refractivity contribution in [3.8, 4) is 28.6 Å². The molecule has 0 bridgehead atoms. The van der Waals surface area contributed by atoms with Gasteiger partial charge in [-0.15, -0.1) is 0 Å². The second-order valence-corrected chi connectivity index (χ2v) is 6.09. The molecule has 0 fully saturated rings. The average Bonchev–Trinajstić information content (AvgIpc) is 3.05. The van der Waals surface area contributed by atoms with Crippen LogP contribution in [0.4, 0.5) is 0 Å². The van der Waals surface area contributed by atoms with Crippen molar-refractivity contribution >= 4 is 18.4 Å². The summed E-state index contributed by atoms with van der Waals surface area (Å²) in [5.74, 6) is 2.22. The third kappa shape index (κ3) is 3.70. The largest absolute Gasteiger partial charge is 0.493 e. The van der Waals surface area contributed by atoms with Gasteiger partial charge < -0.3 is 14.2 Å². The van der Waals surface area contributed by atoms with Crippen molar-refractivity contribution in [1.82, 2.24) is 14.9 Å². The number of aromatic nitrogens is 3. The first-order chi connectivity index (χ1) is 13.1. The SMILES string of the molecule is COc1ccc(/C=N\n2c(-c3cccc(C)c3)n[nH]c2=S)c(OC)c1OC. The van der Waals surface area contributed by atoms with Crippen LogP contribution >= 0.6 is 12.2 Å². The Labute approximate surface area is 162 Å². The van der Waals surface area contributed by atoms with Crippen LogP contribution in [-0.2, 0) is 0 Å². The van der Waals surface area contributed by atoms with Crippen LogP contribution in [0.5, 0.6) is 17.2 Å². The van der Waals surface area contributed by atoms with Crippen molar-refractivity contribution in [2.24, 2.45) is 5.10 Å². The smallest absolute Gasteiger partial charge is 0.216 e. The normalized spacial score (nSPS) is 11.0. The summed E-state index contributed by atoms with van der Waals surface area (Å²) in [4.78, 5) is 0. The molecule has 0 spiro atoms. The zero-order valence-electron chi connectivity index (χ0n) is 15.5. The van der Waals surface area contributed by atoms with Crippen LogP contribution in [0, 0.1) is 11.7 Å². The van der Waals surface area contributed by atoms with Crippen molar-refractivity contribution in [3.63, 3.8) is 0 Å². The summed E-state index contributed by atoms with van der Waals surface area (Å²) in [7, 11) is 4.70. The number of aromatic amines is 1. The highest BCUT2D eigenvalue weighted by atomic mass is 32.1. The van der Waals surface area contributed by atoms with E-state index in [1.807, 2.05) is 37.3 Å². The Hall–Kier alpha value is -3.13. The molecule has 0 aliphatic heterocycles. The summed E-state index contributed by atoms with van der Waals surface area (Å²) in [6, 6.07) is 11.6. The molecule has 1 N–H and O–H groups in total. The van der Waals surface area contributed by atoms with Crippen molar-refractivity contribution in [3.05, 3.63) is 52.3 Å². The first-order valence-corrected chi connectivity index (χ1v) is 8.57. The first kappa shape index (κ1) is 18.7. The maximum absolute atomic E-state index is 5.49. The van der Waals surface area contributed by atoms with Gasteiger partial charge >= 0.3 is 0 Å². The maximum Gasteiger partial charge on any atom is 0.216 e. The fourth-order valence-electron chi connectivity index (χ4n) is 2.72. The molecule has 0 radical (unpaired) electrons. The highest BCUT2D eigenvalue weighted by molar-refractivity contribution is 7.71. The average molecular weight is 384 g/mol. The third-order valence-electron chi connectivity index (χ3n) is 3.97. The standard InChI is InChI=1S/C19H20N4O3S/c1-12-6-5-7-13(10-12)18-21-22-19(27)23(18)20-11-14-8-9-15(24-2)17(26-4)16(14)25-3/h5-11H,1-4H3,(H,22,27)/b20-11-.